The number of rotatable bonds is 5. The average Bonchev–Trinajstić information content (AvgIpc) is 2.56. The van der Waals surface area contributed by atoms with E-state index in [2.05, 4.69) is 5.32 Å². The summed E-state index contributed by atoms with van der Waals surface area (Å²) in [5.74, 6) is -1.29. The number of nitro benzene ring substituents is 1. The Morgan fingerprint density at radius 3 is 2.60 bits per heavy atom. The summed E-state index contributed by atoms with van der Waals surface area (Å²) in [5.41, 5.74) is 7.01. The molecule has 3 N–H and O–H groups in total. The maximum Gasteiger partial charge on any atom is 0.338 e. The fourth-order valence-corrected chi connectivity index (χ4v) is 2.04. The van der Waals surface area contributed by atoms with Gasteiger partial charge in [0.25, 0.3) is 11.6 Å². The van der Waals surface area contributed by atoms with Crippen LogP contribution in [0.3, 0.4) is 0 Å². The Labute approximate surface area is 143 Å². The Bertz CT molecular complexity index is 835. The van der Waals surface area contributed by atoms with E-state index in [9.17, 15) is 19.7 Å². The minimum absolute atomic E-state index is 0.148. The zero-order chi connectivity index (χ0) is 18.6. The van der Waals surface area contributed by atoms with Crippen LogP contribution in [0.2, 0.25) is 0 Å². The van der Waals surface area contributed by atoms with Gasteiger partial charge in [-0.3, -0.25) is 14.9 Å². The molecule has 8 heteroatoms. The fourth-order valence-electron chi connectivity index (χ4n) is 2.04. The van der Waals surface area contributed by atoms with Crippen molar-refractivity contribution in [2.75, 3.05) is 11.1 Å². The van der Waals surface area contributed by atoms with Gasteiger partial charge >= 0.3 is 5.97 Å². The van der Waals surface area contributed by atoms with Gasteiger partial charge in [0, 0.05) is 17.8 Å². The van der Waals surface area contributed by atoms with Crippen LogP contribution in [0.25, 0.3) is 0 Å². The monoisotopic (exact) mass is 343 g/mol. The number of non-ortho nitro benzene ring substituents is 1. The van der Waals surface area contributed by atoms with E-state index in [1.807, 2.05) is 0 Å². The van der Waals surface area contributed by atoms with Crippen molar-refractivity contribution in [3.63, 3.8) is 0 Å². The third-order valence-corrected chi connectivity index (χ3v) is 3.47. The number of aryl methyl sites for hydroxylation is 1. The van der Waals surface area contributed by atoms with E-state index in [1.54, 1.807) is 19.1 Å². The molecule has 1 atom stereocenters. The number of benzene rings is 2. The summed E-state index contributed by atoms with van der Waals surface area (Å²) in [6.07, 6.45) is -1.09. The molecule has 0 bridgehead atoms. The summed E-state index contributed by atoms with van der Waals surface area (Å²) < 4.78 is 5.10. The summed E-state index contributed by atoms with van der Waals surface area (Å²) in [7, 11) is 0. The van der Waals surface area contributed by atoms with Gasteiger partial charge in [0.05, 0.1) is 16.2 Å². The van der Waals surface area contributed by atoms with E-state index in [1.165, 1.54) is 37.3 Å². The molecular weight excluding hydrogens is 326 g/mol. The van der Waals surface area contributed by atoms with Crippen molar-refractivity contribution >= 4 is 28.9 Å². The van der Waals surface area contributed by atoms with Crippen molar-refractivity contribution < 1.29 is 19.2 Å². The molecule has 0 aliphatic heterocycles. The zero-order valence-electron chi connectivity index (χ0n) is 13.7. The maximum atomic E-state index is 12.2. The quantitative estimate of drug-likeness (QED) is 0.372. The third-order valence-electron chi connectivity index (χ3n) is 3.47. The Morgan fingerprint density at radius 1 is 1.24 bits per heavy atom. The lowest BCUT2D eigenvalue weighted by atomic mass is 10.1. The molecule has 2 rings (SSSR count). The molecule has 130 valence electrons. The number of hydrogen-bond donors (Lipinski definition) is 2. The second-order valence-electron chi connectivity index (χ2n) is 5.42. The number of amides is 1. The van der Waals surface area contributed by atoms with E-state index >= 15 is 0 Å². The van der Waals surface area contributed by atoms with Crippen molar-refractivity contribution in [1.82, 2.24) is 0 Å². The molecule has 8 nitrogen and oxygen atoms in total. The van der Waals surface area contributed by atoms with Crippen LogP contribution in [0.1, 0.15) is 22.8 Å². The highest BCUT2D eigenvalue weighted by Crippen LogP contribution is 2.22. The number of nitrogens with one attached hydrogen (secondary N) is 1. The molecule has 0 spiro atoms. The number of hydrogen-bond acceptors (Lipinski definition) is 6. The van der Waals surface area contributed by atoms with Crippen LogP contribution < -0.4 is 11.1 Å². The van der Waals surface area contributed by atoms with Gasteiger partial charge in [-0.15, -0.1) is 0 Å². The predicted octanol–water partition coefficient (Wildman–Crippen LogP) is 2.67. The molecule has 2 aromatic carbocycles. The summed E-state index contributed by atoms with van der Waals surface area (Å²) in [6.45, 7) is 3.11. The summed E-state index contributed by atoms with van der Waals surface area (Å²) in [4.78, 5) is 34.5. The Kier molecular flexibility index (Phi) is 5.33. The summed E-state index contributed by atoms with van der Waals surface area (Å²) >= 11 is 0. The van der Waals surface area contributed by atoms with Crippen LogP contribution in [-0.2, 0) is 9.53 Å². The smallest absolute Gasteiger partial charge is 0.338 e. The number of nitrogen functional groups attached to an aromatic ring is 1. The molecule has 0 saturated carbocycles. The Hall–Kier alpha value is -3.42. The lowest BCUT2D eigenvalue weighted by Crippen LogP contribution is -2.30. The molecule has 1 unspecified atom stereocenters. The molecule has 0 saturated heterocycles. The van der Waals surface area contributed by atoms with E-state index in [0.29, 0.717) is 11.3 Å². The number of ether oxygens (including phenoxy) is 1. The SMILES string of the molecule is Cc1ccc([N+](=O)[O-])cc1NC(=O)C(C)OC(=O)c1cccc(N)c1. The van der Waals surface area contributed by atoms with Gasteiger partial charge in [-0.2, -0.15) is 0 Å². The first-order valence-electron chi connectivity index (χ1n) is 7.40. The van der Waals surface area contributed by atoms with Crippen LogP contribution in [0.15, 0.2) is 42.5 Å². The number of carbonyl (C=O) groups is 2. The highest BCUT2D eigenvalue weighted by Gasteiger charge is 2.20. The van der Waals surface area contributed by atoms with Crippen molar-refractivity contribution in [2.24, 2.45) is 0 Å². The van der Waals surface area contributed by atoms with Crippen LogP contribution in [0, 0.1) is 17.0 Å². The molecule has 0 aliphatic rings. The zero-order valence-corrected chi connectivity index (χ0v) is 13.7. The van der Waals surface area contributed by atoms with Crippen molar-refractivity contribution in [3.05, 3.63) is 63.7 Å². The number of anilines is 2. The Balaban J connectivity index is 2.07. The van der Waals surface area contributed by atoms with Gasteiger partial charge in [-0.05, 0) is 37.6 Å². The molecule has 1 amide bonds. The number of nitrogens with zero attached hydrogens (tertiary/aromatic N) is 1. The van der Waals surface area contributed by atoms with Gasteiger partial charge in [0.2, 0.25) is 0 Å². The normalized spacial score (nSPS) is 11.4. The van der Waals surface area contributed by atoms with Crippen LogP contribution in [-0.4, -0.2) is 22.9 Å². The van der Waals surface area contributed by atoms with Gasteiger partial charge in [0.1, 0.15) is 0 Å². The topological polar surface area (TPSA) is 125 Å². The highest BCUT2D eigenvalue weighted by molar-refractivity contribution is 5.98. The number of nitrogens with two attached hydrogens (primary N) is 1. The van der Waals surface area contributed by atoms with Crippen LogP contribution in [0.5, 0.6) is 0 Å². The summed E-state index contributed by atoms with van der Waals surface area (Å²) in [5, 5.41) is 13.4. The Morgan fingerprint density at radius 2 is 1.96 bits per heavy atom. The predicted molar refractivity (Wildman–Crippen MR) is 92.2 cm³/mol. The molecule has 2 aromatic rings. The summed E-state index contributed by atoms with van der Waals surface area (Å²) in [6, 6.07) is 10.3. The van der Waals surface area contributed by atoms with Gasteiger partial charge in [0.15, 0.2) is 6.10 Å². The minimum Gasteiger partial charge on any atom is -0.449 e. The molecule has 0 aliphatic carbocycles. The van der Waals surface area contributed by atoms with Crippen molar-refractivity contribution in [1.29, 1.82) is 0 Å². The molecule has 25 heavy (non-hydrogen) atoms. The molecule has 0 radical (unpaired) electrons. The fraction of sp³-hybridized carbons (Fsp3) is 0.176. The van der Waals surface area contributed by atoms with Crippen LogP contribution in [0.4, 0.5) is 17.1 Å². The van der Waals surface area contributed by atoms with Crippen LogP contribution >= 0.6 is 0 Å². The lowest BCUT2D eigenvalue weighted by Gasteiger charge is -2.14. The van der Waals surface area contributed by atoms with E-state index in [0.717, 1.165) is 0 Å². The highest BCUT2D eigenvalue weighted by atomic mass is 16.6. The number of esters is 1. The molecule has 0 fully saturated rings. The first-order valence-corrected chi connectivity index (χ1v) is 7.40. The van der Waals surface area contributed by atoms with E-state index in [4.69, 9.17) is 10.5 Å². The van der Waals surface area contributed by atoms with E-state index in [-0.39, 0.29) is 16.9 Å². The van der Waals surface area contributed by atoms with Gasteiger partial charge in [-0.1, -0.05) is 12.1 Å². The third kappa shape index (κ3) is 4.54. The average molecular weight is 343 g/mol. The standard InChI is InChI=1S/C17H17N3O5/c1-10-6-7-14(20(23)24)9-15(10)19-16(21)11(2)25-17(22)12-4-3-5-13(18)8-12/h3-9,11H,18H2,1-2H3,(H,19,21). The van der Waals surface area contributed by atoms with Gasteiger partial charge < -0.3 is 15.8 Å². The van der Waals surface area contributed by atoms with Crippen molar-refractivity contribution in [2.45, 2.75) is 20.0 Å². The molecule has 0 heterocycles. The lowest BCUT2D eigenvalue weighted by molar-refractivity contribution is -0.384. The first kappa shape index (κ1) is 17.9. The number of carbonyl (C=O) groups excluding carboxylic acids is 2. The minimum atomic E-state index is -1.09. The molecule has 0 aromatic heterocycles. The first-order chi connectivity index (χ1) is 11.8. The van der Waals surface area contributed by atoms with Crippen molar-refractivity contribution in [3.8, 4) is 0 Å². The second kappa shape index (κ2) is 7.43. The van der Waals surface area contributed by atoms with E-state index < -0.39 is 22.9 Å². The number of nitro groups is 1. The largest absolute Gasteiger partial charge is 0.449 e. The van der Waals surface area contributed by atoms with Gasteiger partial charge in [-0.25, -0.2) is 4.79 Å². The maximum absolute atomic E-state index is 12.2. The second-order valence-corrected chi connectivity index (χ2v) is 5.42. The molecular formula is C17H17N3O5.